The van der Waals surface area contributed by atoms with Crippen molar-refractivity contribution >= 4 is 0 Å². The van der Waals surface area contributed by atoms with Gasteiger partial charge in [-0.1, -0.05) is 20.8 Å². The van der Waals surface area contributed by atoms with Crippen LogP contribution in [0.5, 0.6) is 0 Å². The summed E-state index contributed by atoms with van der Waals surface area (Å²) in [6, 6.07) is 0.663. The van der Waals surface area contributed by atoms with Crippen LogP contribution in [-0.4, -0.2) is 50.3 Å². The quantitative estimate of drug-likeness (QED) is 0.847. The highest BCUT2D eigenvalue weighted by Gasteiger charge is 2.59. The van der Waals surface area contributed by atoms with E-state index in [-0.39, 0.29) is 0 Å². The van der Waals surface area contributed by atoms with Crippen LogP contribution >= 0.6 is 0 Å². The molecular weight excluding hydrogens is 236 g/mol. The third kappa shape index (κ3) is 2.34. The van der Waals surface area contributed by atoms with Crippen molar-refractivity contribution in [1.29, 1.82) is 0 Å². The van der Waals surface area contributed by atoms with E-state index in [9.17, 15) is 0 Å². The largest absolute Gasteiger partial charge is 0.377 e. The summed E-state index contributed by atoms with van der Waals surface area (Å²) in [7, 11) is 2.24. The minimum absolute atomic E-state index is 0.322. The predicted molar refractivity (Wildman–Crippen MR) is 78.3 cm³/mol. The van der Waals surface area contributed by atoms with Crippen LogP contribution in [0, 0.1) is 16.7 Å². The van der Waals surface area contributed by atoms with Crippen molar-refractivity contribution in [3.05, 3.63) is 0 Å². The Morgan fingerprint density at radius 1 is 1.21 bits per heavy atom. The molecular formula is C16H30N2O. The number of ether oxygens (including phenoxy) is 1. The van der Waals surface area contributed by atoms with E-state index in [1.807, 2.05) is 0 Å². The van der Waals surface area contributed by atoms with E-state index < -0.39 is 0 Å². The number of nitrogens with zero attached hydrogens (tertiary/aromatic N) is 1. The maximum atomic E-state index is 5.88. The molecule has 2 saturated heterocycles. The zero-order chi connectivity index (χ0) is 13.7. The first-order valence-corrected chi connectivity index (χ1v) is 7.96. The van der Waals surface area contributed by atoms with Gasteiger partial charge in [-0.15, -0.1) is 0 Å². The van der Waals surface area contributed by atoms with Crippen molar-refractivity contribution in [3.8, 4) is 0 Å². The normalized spacial score (nSPS) is 40.7. The van der Waals surface area contributed by atoms with Gasteiger partial charge in [-0.25, -0.2) is 0 Å². The molecule has 0 radical (unpaired) electrons. The summed E-state index contributed by atoms with van der Waals surface area (Å²) in [6.45, 7) is 11.9. The van der Waals surface area contributed by atoms with Gasteiger partial charge in [-0.3, -0.25) is 0 Å². The second-order valence-electron chi connectivity index (χ2n) is 8.04. The van der Waals surface area contributed by atoms with E-state index in [4.69, 9.17) is 4.74 Å². The summed E-state index contributed by atoms with van der Waals surface area (Å²) in [5.41, 5.74) is 0.816. The third-order valence-electron chi connectivity index (χ3n) is 6.04. The Labute approximate surface area is 118 Å². The van der Waals surface area contributed by atoms with Crippen LogP contribution in [0.2, 0.25) is 0 Å². The van der Waals surface area contributed by atoms with Crippen LogP contribution in [0.3, 0.4) is 0 Å². The van der Waals surface area contributed by atoms with E-state index >= 15 is 0 Å². The first kappa shape index (κ1) is 13.8. The Kier molecular flexibility index (Phi) is 3.43. The van der Waals surface area contributed by atoms with Crippen LogP contribution in [0.25, 0.3) is 0 Å². The smallest absolute Gasteiger partial charge is 0.0685 e. The molecule has 3 heteroatoms. The zero-order valence-corrected chi connectivity index (χ0v) is 13.0. The highest BCUT2D eigenvalue weighted by molar-refractivity contribution is 5.11. The van der Waals surface area contributed by atoms with Crippen LogP contribution in [0.1, 0.15) is 40.0 Å². The SMILES string of the molecule is CN1CCC(C)(CNC2C3CCOC3C2(C)C)CC1. The molecule has 2 aliphatic heterocycles. The molecule has 3 atom stereocenters. The van der Waals surface area contributed by atoms with Gasteiger partial charge in [0.25, 0.3) is 0 Å². The Hall–Kier alpha value is -0.120. The van der Waals surface area contributed by atoms with Gasteiger partial charge in [-0.05, 0) is 44.8 Å². The average molecular weight is 266 g/mol. The number of piperidine rings is 1. The van der Waals surface area contributed by atoms with Crippen molar-refractivity contribution in [2.45, 2.75) is 52.2 Å². The summed E-state index contributed by atoms with van der Waals surface area (Å²) in [4.78, 5) is 2.45. The Balaban J connectivity index is 1.55. The lowest BCUT2D eigenvalue weighted by atomic mass is 9.57. The summed E-state index contributed by atoms with van der Waals surface area (Å²) in [6.07, 6.45) is 4.42. The molecule has 0 amide bonds. The summed E-state index contributed by atoms with van der Waals surface area (Å²) < 4.78 is 5.88. The fourth-order valence-electron chi connectivity index (χ4n) is 4.43. The molecule has 3 fully saturated rings. The molecule has 1 aliphatic carbocycles. The monoisotopic (exact) mass is 266 g/mol. The molecule has 1 N–H and O–H groups in total. The molecule has 0 bridgehead atoms. The second kappa shape index (κ2) is 4.71. The number of hydrogen-bond acceptors (Lipinski definition) is 3. The van der Waals surface area contributed by atoms with Gasteiger partial charge in [0.1, 0.15) is 0 Å². The molecule has 19 heavy (non-hydrogen) atoms. The number of nitrogens with one attached hydrogen (secondary N) is 1. The molecule has 3 nitrogen and oxygen atoms in total. The molecule has 3 unspecified atom stereocenters. The van der Waals surface area contributed by atoms with Gasteiger partial charge in [-0.2, -0.15) is 0 Å². The van der Waals surface area contributed by atoms with E-state index in [2.05, 4.69) is 38.0 Å². The first-order valence-electron chi connectivity index (χ1n) is 7.96. The minimum Gasteiger partial charge on any atom is -0.377 e. The maximum Gasteiger partial charge on any atom is 0.0685 e. The Bertz CT molecular complexity index is 334. The van der Waals surface area contributed by atoms with Gasteiger partial charge >= 0.3 is 0 Å². The fourth-order valence-corrected chi connectivity index (χ4v) is 4.43. The number of hydrogen-bond donors (Lipinski definition) is 1. The molecule has 0 aromatic rings. The van der Waals surface area contributed by atoms with Crippen LogP contribution in [-0.2, 0) is 4.74 Å². The van der Waals surface area contributed by atoms with Crippen molar-refractivity contribution in [2.75, 3.05) is 33.3 Å². The molecule has 110 valence electrons. The van der Waals surface area contributed by atoms with Crippen molar-refractivity contribution in [2.24, 2.45) is 16.7 Å². The lowest BCUT2D eigenvalue weighted by molar-refractivity contribution is -0.115. The van der Waals surface area contributed by atoms with Gasteiger partial charge in [0.15, 0.2) is 0 Å². The fraction of sp³-hybridized carbons (Fsp3) is 1.00. The van der Waals surface area contributed by atoms with Crippen LogP contribution in [0.15, 0.2) is 0 Å². The van der Waals surface area contributed by atoms with E-state index in [1.165, 1.54) is 38.9 Å². The Morgan fingerprint density at radius 2 is 1.89 bits per heavy atom. The van der Waals surface area contributed by atoms with Crippen molar-refractivity contribution in [1.82, 2.24) is 10.2 Å². The maximum absolute atomic E-state index is 5.88. The van der Waals surface area contributed by atoms with Gasteiger partial charge < -0.3 is 15.0 Å². The molecule has 0 spiro atoms. The number of likely N-dealkylation sites (tertiary alicyclic amines) is 1. The molecule has 3 aliphatic rings. The lowest BCUT2D eigenvalue weighted by Gasteiger charge is -2.56. The van der Waals surface area contributed by atoms with Gasteiger partial charge in [0.2, 0.25) is 0 Å². The first-order chi connectivity index (χ1) is 8.92. The highest BCUT2D eigenvalue weighted by atomic mass is 16.5. The molecule has 3 rings (SSSR count). The Morgan fingerprint density at radius 3 is 2.58 bits per heavy atom. The van der Waals surface area contributed by atoms with Crippen molar-refractivity contribution < 1.29 is 4.74 Å². The topological polar surface area (TPSA) is 24.5 Å². The van der Waals surface area contributed by atoms with Crippen LogP contribution < -0.4 is 5.32 Å². The molecule has 1 saturated carbocycles. The lowest BCUT2D eigenvalue weighted by Crippen LogP contribution is -2.66. The second-order valence-corrected chi connectivity index (χ2v) is 8.04. The van der Waals surface area contributed by atoms with Gasteiger partial charge in [0.05, 0.1) is 6.10 Å². The summed E-state index contributed by atoms with van der Waals surface area (Å²) in [5, 5.41) is 3.91. The van der Waals surface area contributed by atoms with Crippen LogP contribution in [0.4, 0.5) is 0 Å². The van der Waals surface area contributed by atoms with Crippen molar-refractivity contribution in [3.63, 3.8) is 0 Å². The summed E-state index contributed by atoms with van der Waals surface area (Å²) >= 11 is 0. The summed E-state index contributed by atoms with van der Waals surface area (Å²) in [5.74, 6) is 0.768. The standard InChI is InChI=1S/C16H30N2O/c1-15(2)13(12-5-10-19-14(12)15)17-11-16(3)6-8-18(4)9-7-16/h12-14,17H,5-11H2,1-4H3. The molecule has 0 aromatic carbocycles. The number of rotatable bonds is 3. The molecule has 2 heterocycles. The minimum atomic E-state index is 0.322. The van der Waals surface area contributed by atoms with Gasteiger partial charge in [0, 0.05) is 30.5 Å². The number of fused-ring (bicyclic) bond motifs is 1. The predicted octanol–water partition coefficient (Wildman–Crippen LogP) is 2.12. The van der Waals surface area contributed by atoms with E-state index in [0.29, 0.717) is 23.0 Å². The third-order valence-corrected chi connectivity index (χ3v) is 6.04. The average Bonchev–Trinajstić information content (AvgIpc) is 2.80. The zero-order valence-electron chi connectivity index (χ0n) is 13.0. The van der Waals surface area contributed by atoms with E-state index in [1.54, 1.807) is 0 Å². The van der Waals surface area contributed by atoms with E-state index in [0.717, 1.165) is 12.5 Å². The highest BCUT2D eigenvalue weighted by Crippen LogP contribution is 2.52. The molecule has 0 aromatic heterocycles.